The van der Waals surface area contributed by atoms with Gasteiger partial charge in [0.1, 0.15) is 0 Å². The lowest BCUT2D eigenvalue weighted by molar-refractivity contribution is 0.620. The van der Waals surface area contributed by atoms with Crippen molar-refractivity contribution in [2.24, 2.45) is 16.1 Å². The summed E-state index contributed by atoms with van der Waals surface area (Å²) in [4.78, 5) is 0. The molecule has 0 unspecified atom stereocenters. The predicted molar refractivity (Wildman–Crippen MR) is 29.5 cm³/mol. The molecule has 0 fully saturated rings. The molecule has 0 aromatic rings. The van der Waals surface area contributed by atoms with Crippen molar-refractivity contribution < 1.29 is 8.42 Å². The third-order valence-corrected chi connectivity index (χ3v) is 0.124. The number of rotatable bonds is 1. The highest BCUT2D eigenvalue weighted by Crippen LogP contribution is 1.44. The molecule has 0 saturated heterocycles. The monoisotopic (exact) mass is 151 g/mol. The van der Waals surface area contributed by atoms with Crippen LogP contribution in [0.25, 0.3) is 0 Å². The summed E-state index contributed by atoms with van der Waals surface area (Å²) < 4.78 is 22.8. The van der Waals surface area contributed by atoms with Crippen LogP contribution >= 0.6 is 0 Å². The van der Waals surface area contributed by atoms with Crippen molar-refractivity contribution in [2.75, 3.05) is 0 Å². The standard InChI is InChI=1S/CH4N4.HNO2S/c2-4-1-5-3;1-4(2)3/h1-2H,3H2;1H. The highest BCUT2D eigenvalue weighted by Gasteiger charge is 1.43. The van der Waals surface area contributed by atoms with Crippen molar-refractivity contribution >= 4 is 16.8 Å². The summed E-state index contributed by atoms with van der Waals surface area (Å²) in [5.74, 6) is 4.49. The zero-order chi connectivity index (χ0) is 7.70. The van der Waals surface area contributed by atoms with Crippen molar-refractivity contribution in [3.63, 3.8) is 0 Å². The first kappa shape index (κ1) is 10.6. The number of nitrogens with one attached hydrogen (secondary N) is 2. The molecule has 0 spiro atoms. The Balaban J connectivity index is 0. The largest absolute Gasteiger partial charge is 0.322 e. The van der Waals surface area contributed by atoms with E-state index in [1.165, 1.54) is 0 Å². The molecule has 0 aromatic carbocycles. The van der Waals surface area contributed by atoms with Crippen LogP contribution in [-0.4, -0.2) is 14.8 Å². The van der Waals surface area contributed by atoms with Crippen LogP contribution in [0.2, 0.25) is 0 Å². The highest BCUT2D eigenvalue weighted by molar-refractivity contribution is 7.60. The van der Waals surface area contributed by atoms with Gasteiger partial charge in [0, 0.05) is 0 Å². The van der Waals surface area contributed by atoms with Crippen LogP contribution in [0.1, 0.15) is 0 Å². The molecule has 7 nitrogen and oxygen atoms in total. The lowest BCUT2D eigenvalue weighted by Gasteiger charge is -1.58. The summed E-state index contributed by atoms with van der Waals surface area (Å²) in [5.41, 5.74) is 6.00. The molecule has 0 amide bonds. The van der Waals surface area contributed by atoms with Gasteiger partial charge in [0.25, 0.3) is 0 Å². The summed E-state index contributed by atoms with van der Waals surface area (Å²) in [6.45, 7) is 0. The molecule has 0 atom stereocenters. The maximum absolute atomic E-state index is 8.67. The molecule has 0 radical (unpaired) electrons. The predicted octanol–water partition coefficient (Wildman–Crippen LogP) is -0.453. The normalized spacial score (nSPS) is 7.56. The SMILES string of the molecule is N=NC=NN.N=S(=O)=O. The lowest BCUT2D eigenvalue weighted by atomic mass is 11.4. The first-order valence-corrected chi connectivity index (χ1v) is 2.61. The highest BCUT2D eigenvalue weighted by atomic mass is 32.2. The van der Waals surface area contributed by atoms with E-state index < -0.39 is 10.5 Å². The summed E-state index contributed by atoms with van der Waals surface area (Å²) in [6, 6.07) is 0. The van der Waals surface area contributed by atoms with Crippen LogP contribution in [0.3, 0.4) is 0 Å². The fourth-order valence-corrected chi connectivity index (χ4v) is 0.0333. The van der Waals surface area contributed by atoms with Crippen LogP contribution in [0.5, 0.6) is 0 Å². The van der Waals surface area contributed by atoms with Gasteiger partial charge in [-0.25, -0.2) is 5.53 Å². The molecule has 0 aliphatic carbocycles. The fraction of sp³-hybridized carbons (Fsp3) is 0. The van der Waals surface area contributed by atoms with Crippen LogP contribution in [-0.2, 0) is 10.5 Å². The van der Waals surface area contributed by atoms with E-state index in [0.29, 0.717) is 0 Å². The summed E-state index contributed by atoms with van der Waals surface area (Å²) in [5, 5.41) is 5.56. The average Bonchev–Trinajstić information content (AvgIpc) is 1.66. The number of hydrogen-bond donors (Lipinski definition) is 3. The fourth-order valence-electron chi connectivity index (χ4n) is 0.0333. The molecule has 4 N–H and O–H groups in total. The van der Waals surface area contributed by atoms with Gasteiger partial charge in [-0.1, -0.05) is 0 Å². The van der Waals surface area contributed by atoms with Crippen LogP contribution < -0.4 is 5.84 Å². The van der Waals surface area contributed by atoms with Crippen molar-refractivity contribution in [1.82, 2.24) is 0 Å². The van der Waals surface area contributed by atoms with Crippen LogP contribution in [0, 0.1) is 10.3 Å². The Kier molecular flexibility index (Phi) is 11.6. The number of nitrogens with zero attached hydrogens (tertiary/aromatic N) is 2. The minimum absolute atomic E-state index is 0.944. The van der Waals surface area contributed by atoms with Gasteiger partial charge in [0.05, 0.1) is 0 Å². The van der Waals surface area contributed by atoms with Crippen molar-refractivity contribution in [3.8, 4) is 0 Å². The van der Waals surface area contributed by atoms with Gasteiger partial charge in [0.2, 0.25) is 0 Å². The van der Waals surface area contributed by atoms with E-state index in [1.807, 2.05) is 0 Å². The minimum atomic E-state index is -2.61. The molecule has 0 aromatic heterocycles. The zero-order valence-corrected chi connectivity index (χ0v) is 5.09. The first-order valence-electron chi connectivity index (χ1n) is 1.54. The molecule has 0 heterocycles. The average molecular weight is 151 g/mol. The third-order valence-electron chi connectivity index (χ3n) is 0.124. The molecule has 0 bridgehead atoms. The Morgan fingerprint density at radius 3 is 1.89 bits per heavy atom. The molecular formula is CH5N5O2S. The van der Waals surface area contributed by atoms with E-state index in [2.05, 4.69) is 16.1 Å². The maximum atomic E-state index is 8.67. The van der Waals surface area contributed by atoms with Gasteiger partial charge >= 0.3 is 10.5 Å². The van der Waals surface area contributed by atoms with Gasteiger partial charge in [-0.15, -0.1) is 5.11 Å². The van der Waals surface area contributed by atoms with E-state index in [-0.39, 0.29) is 0 Å². The van der Waals surface area contributed by atoms with Gasteiger partial charge in [-0.05, 0) is 0 Å². The molecule has 52 valence electrons. The Hall–Kier alpha value is -1.31. The Labute approximate surface area is 52.6 Å². The van der Waals surface area contributed by atoms with Crippen molar-refractivity contribution in [2.45, 2.75) is 0 Å². The molecule has 0 saturated carbocycles. The second kappa shape index (κ2) is 9.85. The van der Waals surface area contributed by atoms with Crippen molar-refractivity contribution in [1.29, 1.82) is 10.3 Å². The molecule has 0 aliphatic heterocycles. The quantitative estimate of drug-likeness (QED) is 0.154. The summed E-state index contributed by atoms with van der Waals surface area (Å²) in [6.07, 6.45) is 0.944. The second-order valence-corrected chi connectivity index (χ2v) is 1.10. The van der Waals surface area contributed by atoms with Gasteiger partial charge in [0.15, 0.2) is 6.34 Å². The smallest absolute Gasteiger partial charge is 0.308 e. The zero-order valence-electron chi connectivity index (χ0n) is 4.27. The molecular weight excluding hydrogens is 146 g/mol. The molecule has 0 aliphatic rings. The number of nitrogens with two attached hydrogens (primary N) is 1. The van der Waals surface area contributed by atoms with E-state index in [4.69, 9.17) is 18.7 Å². The summed E-state index contributed by atoms with van der Waals surface area (Å²) >= 11 is 0. The van der Waals surface area contributed by atoms with Crippen LogP contribution in [0.15, 0.2) is 10.2 Å². The number of hydrazone groups is 1. The van der Waals surface area contributed by atoms with Gasteiger partial charge in [-0.3, -0.25) is 0 Å². The van der Waals surface area contributed by atoms with Crippen LogP contribution in [0.4, 0.5) is 0 Å². The second-order valence-electron chi connectivity index (χ2n) is 0.628. The lowest BCUT2D eigenvalue weighted by Crippen LogP contribution is -1.75. The summed E-state index contributed by atoms with van der Waals surface area (Å²) in [7, 11) is -2.61. The van der Waals surface area contributed by atoms with Crippen molar-refractivity contribution in [3.05, 3.63) is 0 Å². The molecule has 0 rings (SSSR count). The molecule has 9 heavy (non-hydrogen) atoms. The Morgan fingerprint density at radius 1 is 1.56 bits per heavy atom. The van der Waals surface area contributed by atoms with E-state index in [0.717, 1.165) is 6.34 Å². The third kappa shape index (κ3) is 309. The van der Waals surface area contributed by atoms with E-state index in [9.17, 15) is 0 Å². The minimum Gasteiger partial charge on any atom is -0.322 e. The maximum Gasteiger partial charge on any atom is 0.308 e. The van der Waals surface area contributed by atoms with Gasteiger partial charge < -0.3 is 5.84 Å². The topological polar surface area (TPSA) is 133 Å². The van der Waals surface area contributed by atoms with Gasteiger partial charge in [-0.2, -0.15) is 18.3 Å². The molecule has 8 heteroatoms. The Morgan fingerprint density at radius 2 is 1.89 bits per heavy atom. The van der Waals surface area contributed by atoms with E-state index in [1.54, 1.807) is 0 Å². The van der Waals surface area contributed by atoms with E-state index >= 15 is 0 Å². The first-order chi connectivity index (χ1) is 4.15. The number of hydrogen-bond acceptors (Lipinski definition) is 6. The Bertz CT molecular complexity index is 169.